The Kier molecular flexibility index (Phi) is 3.30. The van der Waals surface area contributed by atoms with Gasteiger partial charge >= 0.3 is 0 Å². The minimum Gasteiger partial charge on any atom is -0.513 e. The molecule has 1 heterocycles. The molecule has 0 radical (unpaired) electrons. The van der Waals surface area contributed by atoms with Crippen LogP contribution < -0.4 is 5.73 Å². The molecular weight excluding hydrogens is 170 g/mol. The number of aliphatic hydroxyl groups excluding tert-OH is 2. The van der Waals surface area contributed by atoms with E-state index in [-0.39, 0.29) is 30.3 Å². The van der Waals surface area contributed by atoms with Crippen LogP contribution in [0.1, 0.15) is 13.3 Å². The van der Waals surface area contributed by atoms with Crippen LogP contribution in [0.25, 0.3) is 0 Å². The second-order valence-corrected chi connectivity index (χ2v) is 3.57. The van der Waals surface area contributed by atoms with E-state index in [9.17, 15) is 5.11 Å². The smallest absolute Gasteiger partial charge is 0.0911 e. The van der Waals surface area contributed by atoms with E-state index < -0.39 is 6.10 Å². The Morgan fingerprint density at radius 1 is 1.54 bits per heavy atom. The molecule has 1 aliphatic rings. The van der Waals surface area contributed by atoms with Gasteiger partial charge in [-0.15, -0.1) is 0 Å². The van der Waals surface area contributed by atoms with Crippen molar-refractivity contribution in [3.05, 3.63) is 12.3 Å². The van der Waals surface area contributed by atoms with Crippen molar-refractivity contribution in [1.29, 1.82) is 0 Å². The first kappa shape index (κ1) is 10.5. The molecule has 0 spiro atoms. The minimum absolute atomic E-state index is 0.0225. The van der Waals surface area contributed by atoms with Crippen LogP contribution in [0.5, 0.6) is 0 Å². The summed E-state index contributed by atoms with van der Waals surface area (Å²) in [5, 5.41) is 18.6. The van der Waals surface area contributed by atoms with Gasteiger partial charge in [-0.3, -0.25) is 0 Å². The van der Waals surface area contributed by atoms with Gasteiger partial charge in [-0.2, -0.15) is 0 Å². The van der Waals surface area contributed by atoms with Gasteiger partial charge in [0.25, 0.3) is 0 Å². The summed E-state index contributed by atoms with van der Waals surface area (Å²) in [6, 6.07) is 0. The number of ether oxygens (including phenoxy) is 1. The Hall–Kier alpha value is -0.580. The molecule has 0 aromatic carbocycles. The third kappa shape index (κ3) is 2.21. The fourth-order valence-electron chi connectivity index (χ4n) is 1.66. The molecular formula is C9H17NO3. The number of hydrogen-bond donors (Lipinski definition) is 3. The van der Waals surface area contributed by atoms with E-state index in [1.807, 2.05) is 6.92 Å². The normalized spacial score (nSPS) is 39.3. The SMILES string of the molecule is C=C(O)CC1OC(CN)C(C)C1O. The molecule has 0 aliphatic carbocycles. The maximum absolute atomic E-state index is 9.68. The van der Waals surface area contributed by atoms with Crippen molar-refractivity contribution < 1.29 is 14.9 Å². The minimum atomic E-state index is -0.558. The Balaban J connectivity index is 2.55. The first-order valence-corrected chi connectivity index (χ1v) is 4.46. The number of aliphatic hydroxyl groups is 2. The maximum Gasteiger partial charge on any atom is 0.0911 e. The topological polar surface area (TPSA) is 75.7 Å². The van der Waals surface area contributed by atoms with Gasteiger partial charge in [0.2, 0.25) is 0 Å². The van der Waals surface area contributed by atoms with Crippen LogP contribution in [-0.2, 0) is 4.74 Å². The summed E-state index contributed by atoms with van der Waals surface area (Å²) in [5.41, 5.74) is 5.46. The highest BCUT2D eigenvalue weighted by molar-refractivity contribution is 4.94. The lowest BCUT2D eigenvalue weighted by Crippen LogP contribution is -2.28. The molecule has 1 rings (SSSR count). The lowest BCUT2D eigenvalue weighted by atomic mass is 9.97. The predicted molar refractivity (Wildman–Crippen MR) is 49.3 cm³/mol. The second-order valence-electron chi connectivity index (χ2n) is 3.57. The number of rotatable bonds is 3. The molecule has 4 unspecified atom stereocenters. The lowest BCUT2D eigenvalue weighted by molar-refractivity contribution is 0.00859. The zero-order valence-electron chi connectivity index (χ0n) is 7.81. The highest BCUT2D eigenvalue weighted by atomic mass is 16.5. The van der Waals surface area contributed by atoms with Gasteiger partial charge in [-0.25, -0.2) is 0 Å². The Morgan fingerprint density at radius 2 is 2.15 bits per heavy atom. The van der Waals surface area contributed by atoms with Crippen molar-refractivity contribution in [1.82, 2.24) is 0 Å². The molecule has 0 amide bonds. The first-order valence-electron chi connectivity index (χ1n) is 4.46. The Labute approximate surface area is 78.0 Å². The van der Waals surface area contributed by atoms with Crippen LogP contribution in [0.3, 0.4) is 0 Å². The van der Waals surface area contributed by atoms with Crippen LogP contribution in [0.15, 0.2) is 12.3 Å². The van der Waals surface area contributed by atoms with Crippen molar-refractivity contribution >= 4 is 0 Å². The predicted octanol–water partition coefficient (Wildman–Crippen LogP) is 0.171. The highest BCUT2D eigenvalue weighted by Gasteiger charge is 2.39. The lowest BCUT2D eigenvalue weighted by Gasteiger charge is -2.13. The van der Waals surface area contributed by atoms with Gasteiger partial charge in [-0.1, -0.05) is 13.5 Å². The molecule has 4 nitrogen and oxygen atoms in total. The molecule has 1 aliphatic heterocycles. The molecule has 4 atom stereocenters. The largest absolute Gasteiger partial charge is 0.513 e. The molecule has 0 aromatic heterocycles. The van der Waals surface area contributed by atoms with Crippen molar-refractivity contribution in [3.63, 3.8) is 0 Å². The summed E-state index contributed by atoms with van der Waals surface area (Å²) >= 11 is 0. The van der Waals surface area contributed by atoms with Crippen molar-refractivity contribution in [2.24, 2.45) is 11.7 Å². The van der Waals surface area contributed by atoms with Crippen LogP contribution in [0.4, 0.5) is 0 Å². The van der Waals surface area contributed by atoms with Crippen molar-refractivity contribution in [3.8, 4) is 0 Å². The van der Waals surface area contributed by atoms with Crippen LogP contribution >= 0.6 is 0 Å². The molecule has 0 aromatic rings. The van der Waals surface area contributed by atoms with Crippen molar-refractivity contribution in [2.75, 3.05) is 6.54 Å². The molecule has 4 heteroatoms. The van der Waals surface area contributed by atoms with Crippen LogP contribution in [0.2, 0.25) is 0 Å². The molecule has 0 bridgehead atoms. The number of hydrogen-bond acceptors (Lipinski definition) is 4. The third-order valence-electron chi connectivity index (χ3n) is 2.52. The van der Waals surface area contributed by atoms with E-state index in [2.05, 4.69) is 6.58 Å². The fourth-order valence-corrected chi connectivity index (χ4v) is 1.66. The van der Waals surface area contributed by atoms with E-state index in [0.29, 0.717) is 6.54 Å². The van der Waals surface area contributed by atoms with Gasteiger partial charge in [0.15, 0.2) is 0 Å². The summed E-state index contributed by atoms with van der Waals surface area (Å²) in [7, 11) is 0. The third-order valence-corrected chi connectivity index (χ3v) is 2.52. The first-order chi connectivity index (χ1) is 6.06. The molecule has 1 saturated heterocycles. The molecule has 1 fully saturated rings. The second kappa shape index (κ2) is 4.09. The van der Waals surface area contributed by atoms with Gasteiger partial charge < -0.3 is 20.7 Å². The standard InChI is InChI=1S/C9H17NO3/c1-5(11)3-7-9(12)6(2)8(4-10)13-7/h6-9,11-12H,1,3-4,10H2,2H3. The van der Waals surface area contributed by atoms with E-state index in [4.69, 9.17) is 15.6 Å². The van der Waals surface area contributed by atoms with Gasteiger partial charge in [0, 0.05) is 18.9 Å². The van der Waals surface area contributed by atoms with E-state index in [1.165, 1.54) is 0 Å². The fraction of sp³-hybridized carbons (Fsp3) is 0.778. The summed E-state index contributed by atoms with van der Waals surface area (Å²) in [6.45, 7) is 5.65. The van der Waals surface area contributed by atoms with Gasteiger partial charge in [0.05, 0.1) is 24.1 Å². The average molecular weight is 187 g/mol. The van der Waals surface area contributed by atoms with E-state index in [0.717, 1.165) is 0 Å². The zero-order chi connectivity index (χ0) is 10.0. The average Bonchev–Trinajstić information content (AvgIpc) is 2.32. The molecule has 76 valence electrons. The van der Waals surface area contributed by atoms with E-state index >= 15 is 0 Å². The summed E-state index contributed by atoms with van der Waals surface area (Å²) < 4.78 is 5.45. The maximum atomic E-state index is 9.68. The Bertz CT molecular complexity index is 195. The van der Waals surface area contributed by atoms with Crippen molar-refractivity contribution in [2.45, 2.75) is 31.7 Å². The highest BCUT2D eigenvalue weighted by Crippen LogP contribution is 2.28. The summed E-state index contributed by atoms with van der Waals surface area (Å²) in [6.07, 6.45) is -0.750. The molecule has 13 heavy (non-hydrogen) atoms. The number of nitrogens with two attached hydrogens (primary N) is 1. The quantitative estimate of drug-likeness (QED) is 0.550. The van der Waals surface area contributed by atoms with E-state index in [1.54, 1.807) is 0 Å². The monoisotopic (exact) mass is 187 g/mol. The van der Waals surface area contributed by atoms with Crippen LogP contribution in [0, 0.1) is 5.92 Å². The van der Waals surface area contributed by atoms with Crippen LogP contribution in [-0.4, -0.2) is 35.1 Å². The summed E-state index contributed by atoms with van der Waals surface area (Å²) in [5.74, 6) is 0.0586. The Morgan fingerprint density at radius 3 is 2.54 bits per heavy atom. The zero-order valence-corrected chi connectivity index (χ0v) is 7.81. The molecule has 0 saturated carbocycles. The molecule has 4 N–H and O–H groups in total. The van der Waals surface area contributed by atoms with Gasteiger partial charge in [0.1, 0.15) is 0 Å². The summed E-state index contributed by atoms with van der Waals surface area (Å²) in [4.78, 5) is 0. The van der Waals surface area contributed by atoms with Gasteiger partial charge in [-0.05, 0) is 0 Å².